The summed E-state index contributed by atoms with van der Waals surface area (Å²) in [5, 5.41) is 0. The average molecular weight is 373 g/mol. The molecule has 0 unspecified atom stereocenters. The molecule has 0 aliphatic heterocycles. The Bertz CT molecular complexity index is 715. The Labute approximate surface area is 144 Å². The summed E-state index contributed by atoms with van der Waals surface area (Å²) in [7, 11) is 0. The molecule has 0 heterocycles. The summed E-state index contributed by atoms with van der Waals surface area (Å²) >= 11 is 3.31. The maximum atomic E-state index is 12.2. The first kappa shape index (κ1) is 17.2. The lowest BCUT2D eigenvalue weighted by Gasteiger charge is -2.10. The largest absolute Gasteiger partial charge is 0.451 e. The van der Waals surface area contributed by atoms with Gasteiger partial charge in [0, 0.05) is 16.1 Å². The van der Waals surface area contributed by atoms with Gasteiger partial charge in [-0.2, -0.15) is 0 Å². The third-order valence-electron chi connectivity index (χ3n) is 3.28. The van der Waals surface area contributed by atoms with E-state index >= 15 is 0 Å². The van der Waals surface area contributed by atoms with Crippen molar-refractivity contribution in [2.45, 2.75) is 20.0 Å². The molecule has 23 heavy (non-hydrogen) atoms. The molecule has 0 saturated heterocycles. The SMILES string of the molecule is Cc1ccc(/C=C/C(=O)O[C@@H](C)C(=O)c2ccc(Br)cc2)cc1. The molecule has 2 rings (SSSR count). The topological polar surface area (TPSA) is 43.4 Å². The number of benzene rings is 2. The van der Waals surface area contributed by atoms with Crippen LogP contribution in [0.15, 0.2) is 59.1 Å². The molecule has 2 aromatic rings. The van der Waals surface area contributed by atoms with Gasteiger partial charge in [0.25, 0.3) is 0 Å². The molecule has 0 bridgehead atoms. The first-order chi connectivity index (χ1) is 11.0. The smallest absolute Gasteiger partial charge is 0.331 e. The highest BCUT2D eigenvalue weighted by Crippen LogP contribution is 2.13. The molecule has 1 atom stereocenters. The summed E-state index contributed by atoms with van der Waals surface area (Å²) in [5.41, 5.74) is 2.56. The van der Waals surface area contributed by atoms with E-state index in [0.717, 1.165) is 15.6 Å². The van der Waals surface area contributed by atoms with Crippen molar-refractivity contribution in [1.29, 1.82) is 0 Å². The predicted octanol–water partition coefficient (Wildman–Crippen LogP) is 4.59. The van der Waals surface area contributed by atoms with Gasteiger partial charge in [-0.25, -0.2) is 4.79 Å². The van der Waals surface area contributed by atoms with Crippen LogP contribution in [0.2, 0.25) is 0 Å². The molecule has 3 nitrogen and oxygen atoms in total. The number of rotatable bonds is 5. The summed E-state index contributed by atoms with van der Waals surface area (Å²) in [4.78, 5) is 24.0. The van der Waals surface area contributed by atoms with Gasteiger partial charge in [0.05, 0.1) is 0 Å². The Hall–Kier alpha value is -2.20. The van der Waals surface area contributed by atoms with Crippen molar-refractivity contribution < 1.29 is 14.3 Å². The van der Waals surface area contributed by atoms with Crippen molar-refractivity contribution in [2.24, 2.45) is 0 Å². The van der Waals surface area contributed by atoms with Crippen molar-refractivity contribution in [3.05, 3.63) is 75.8 Å². The molecule has 0 fully saturated rings. The summed E-state index contributed by atoms with van der Waals surface area (Å²) in [5.74, 6) is -0.766. The van der Waals surface area contributed by atoms with Crippen LogP contribution in [-0.2, 0) is 9.53 Å². The summed E-state index contributed by atoms with van der Waals surface area (Å²) in [6.07, 6.45) is 2.17. The third kappa shape index (κ3) is 5.18. The highest BCUT2D eigenvalue weighted by Gasteiger charge is 2.18. The lowest BCUT2D eigenvalue weighted by Crippen LogP contribution is -2.23. The van der Waals surface area contributed by atoms with Crippen molar-refractivity contribution in [2.75, 3.05) is 0 Å². The Morgan fingerprint density at radius 1 is 1.04 bits per heavy atom. The number of carbonyl (C=O) groups is 2. The average Bonchev–Trinajstić information content (AvgIpc) is 2.54. The second-order valence-corrected chi connectivity index (χ2v) is 6.11. The zero-order chi connectivity index (χ0) is 16.8. The number of esters is 1. The molecule has 4 heteroatoms. The van der Waals surface area contributed by atoms with E-state index in [9.17, 15) is 9.59 Å². The Kier molecular flexibility index (Phi) is 5.88. The number of Topliss-reactive ketones (excluding diaryl/α,β-unsaturated/α-hetero) is 1. The van der Waals surface area contributed by atoms with E-state index in [1.54, 1.807) is 37.3 Å². The van der Waals surface area contributed by atoms with E-state index in [4.69, 9.17) is 4.74 Å². The summed E-state index contributed by atoms with van der Waals surface area (Å²) < 4.78 is 6.04. The van der Waals surface area contributed by atoms with Crippen LogP contribution in [-0.4, -0.2) is 17.9 Å². The van der Waals surface area contributed by atoms with Crippen LogP contribution < -0.4 is 0 Å². The van der Waals surface area contributed by atoms with Crippen molar-refractivity contribution >= 4 is 33.8 Å². The lowest BCUT2D eigenvalue weighted by atomic mass is 10.1. The van der Waals surface area contributed by atoms with Crippen LogP contribution in [0.1, 0.15) is 28.4 Å². The molecular formula is C19H17BrO3. The number of ether oxygens (including phenoxy) is 1. The monoisotopic (exact) mass is 372 g/mol. The van der Waals surface area contributed by atoms with Crippen LogP contribution in [0.3, 0.4) is 0 Å². The molecule has 118 valence electrons. The molecule has 0 N–H and O–H groups in total. The number of carbonyl (C=O) groups excluding carboxylic acids is 2. The molecule has 0 spiro atoms. The van der Waals surface area contributed by atoms with Gasteiger partial charge in [0.1, 0.15) is 0 Å². The van der Waals surface area contributed by atoms with Gasteiger partial charge >= 0.3 is 5.97 Å². The molecule has 0 aliphatic rings. The fourth-order valence-corrected chi connectivity index (χ4v) is 2.22. The second kappa shape index (κ2) is 7.88. The number of hydrogen-bond acceptors (Lipinski definition) is 3. The van der Waals surface area contributed by atoms with E-state index in [0.29, 0.717) is 5.56 Å². The first-order valence-electron chi connectivity index (χ1n) is 7.21. The van der Waals surface area contributed by atoms with Crippen LogP contribution >= 0.6 is 15.9 Å². The molecular weight excluding hydrogens is 356 g/mol. The van der Waals surface area contributed by atoms with Gasteiger partial charge in [0.15, 0.2) is 6.10 Å². The highest BCUT2D eigenvalue weighted by molar-refractivity contribution is 9.10. The molecule has 0 aliphatic carbocycles. The number of halogens is 1. The Balaban J connectivity index is 1.95. The van der Waals surface area contributed by atoms with Gasteiger partial charge in [-0.15, -0.1) is 0 Å². The van der Waals surface area contributed by atoms with Crippen LogP contribution in [0.25, 0.3) is 6.08 Å². The summed E-state index contributed by atoms with van der Waals surface area (Å²) in [6, 6.07) is 14.7. The van der Waals surface area contributed by atoms with Gasteiger partial charge in [-0.3, -0.25) is 4.79 Å². The van der Waals surface area contributed by atoms with E-state index in [1.165, 1.54) is 6.08 Å². The van der Waals surface area contributed by atoms with E-state index in [1.807, 2.05) is 31.2 Å². The van der Waals surface area contributed by atoms with E-state index < -0.39 is 12.1 Å². The fraction of sp³-hybridized carbons (Fsp3) is 0.158. The van der Waals surface area contributed by atoms with Gasteiger partial charge in [-0.05, 0) is 37.6 Å². The fourth-order valence-electron chi connectivity index (χ4n) is 1.96. The first-order valence-corrected chi connectivity index (χ1v) is 8.00. The summed E-state index contributed by atoms with van der Waals surface area (Å²) in [6.45, 7) is 3.57. The Morgan fingerprint density at radius 3 is 2.26 bits per heavy atom. The van der Waals surface area contributed by atoms with Crippen molar-refractivity contribution in [1.82, 2.24) is 0 Å². The van der Waals surface area contributed by atoms with E-state index in [2.05, 4.69) is 15.9 Å². The van der Waals surface area contributed by atoms with Crippen LogP contribution in [0.5, 0.6) is 0 Å². The van der Waals surface area contributed by atoms with Crippen molar-refractivity contribution in [3.63, 3.8) is 0 Å². The van der Waals surface area contributed by atoms with Crippen molar-refractivity contribution in [3.8, 4) is 0 Å². The number of ketones is 1. The minimum absolute atomic E-state index is 0.227. The third-order valence-corrected chi connectivity index (χ3v) is 3.81. The molecule has 2 aromatic carbocycles. The van der Waals surface area contributed by atoms with E-state index in [-0.39, 0.29) is 5.78 Å². The lowest BCUT2D eigenvalue weighted by molar-refractivity contribution is -0.140. The number of hydrogen-bond donors (Lipinski definition) is 0. The van der Waals surface area contributed by atoms with Crippen LogP contribution in [0, 0.1) is 6.92 Å². The molecule has 0 saturated carbocycles. The minimum atomic E-state index is -0.827. The quantitative estimate of drug-likeness (QED) is 0.438. The maximum Gasteiger partial charge on any atom is 0.331 e. The van der Waals surface area contributed by atoms with Gasteiger partial charge in [-0.1, -0.05) is 57.9 Å². The maximum absolute atomic E-state index is 12.2. The standard InChI is InChI=1S/C19H17BrO3/c1-13-3-5-15(6-4-13)7-12-18(21)23-14(2)19(22)16-8-10-17(20)11-9-16/h3-12,14H,1-2H3/b12-7+/t14-/m0/s1. The molecule has 0 aromatic heterocycles. The highest BCUT2D eigenvalue weighted by atomic mass is 79.9. The van der Waals surface area contributed by atoms with Crippen LogP contribution in [0.4, 0.5) is 0 Å². The normalized spacial score (nSPS) is 12.1. The van der Waals surface area contributed by atoms with Gasteiger partial charge < -0.3 is 4.74 Å². The van der Waals surface area contributed by atoms with Gasteiger partial charge in [0.2, 0.25) is 5.78 Å². The Morgan fingerprint density at radius 2 is 1.65 bits per heavy atom. The second-order valence-electron chi connectivity index (χ2n) is 5.19. The molecule has 0 radical (unpaired) electrons. The predicted molar refractivity (Wildman–Crippen MR) is 94.2 cm³/mol. The molecule has 0 amide bonds. The zero-order valence-corrected chi connectivity index (χ0v) is 14.5. The minimum Gasteiger partial charge on any atom is -0.451 e. The zero-order valence-electron chi connectivity index (χ0n) is 13.0. The number of aryl methyl sites for hydroxylation is 1.